The maximum atomic E-state index is 11.4. The summed E-state index contributed by atoms with van der Waals surface area (Å²) in [6, 6.07) is 12.2. The third-order valence-corrected chi connectivity index (χ3v) is 4.18. The van der Waals surface area contributed by atoms with Crippen LogP contribution in [0, 0.1) is 5.92 Å². The van der Waals surface area contributed by atoms with Gasteiger partial charge in [-0.15, -0.1) is 0 Å². The molecule has 1 aromatic heterocycles. The van der Waals surface area contributed by atoms with Crippen LogP contribution in [-0.4, -0.2) is 10.1 Å². The number of rotatable bonds is 1. The highest BCUT2D eigenvalue weighted by atomic mass is 16.3. The van der Waals surface area contributed by atoms with E-state index in [1.54, 1.807) is 6.20 Å². The Kier molecular flexibility index (Phi) is 2.90. The molecule has 19 heavy (non-hydrogen) atoms. The molecule has 1 atom stereocenters. The molecule has 1 N–H and O–H groups in total. The monoisotopic (exact) mass is 253 g/mol. The van der Waals surface area contributed by atoms with Gasteiger partial charge in [0.05, 0.1) is 5.69 Å². The van der Waals surface area contributed by atoms with Crippen LogP contribution < -0.4 is 0 Å². The Bertz CT molecular complexity index is 556. The average Bonchev–Trinajstić information content (AvgIpc) is 2.56. The summed E-state index contributed by atoms with van der Waals surface area (Å²) in [4.78, 5) is 4.50. The molecule has 0 radical (unpaired) electrons. The van der Waals surface area contributed by atoms with E-state index < -0.39 is 5.60 Å². The van der Waals surface area contributed by atoms with E-state index in [1.165, 1.54) is 5.56 Å². The number of fused-ring (bicyclic) bond motifs is 2. The van der Waals surface area contributed by atoms with Gasteiger partial charge < -0.3 is 5.11 Å². The molecular weight excluding hydrogens is 234 g/mol. The van der Waals surface area contributed by atoms with E-state index in [-0.39, 0.29) is 5.92 Å². The van der Waals surface area contributed by atoms with Crippen molar-refractivity contribution >= 4 is 0 Å². The summed E-state index contributed by atoms with van der Waals surface area (Å²) in [6.45, 7) is 4.11. The van der Waals surface area contributed by atoms with Crippen LogP contribution in [0.1, 0.15) is 36.2 Å². The molecule has 2 nitrogen and oxygen atoms in total. The summed E-state index contributed by atoms with van der Waals surface area (Å²) in [5, 5.41) is 11.4. The highest BCUT2D eigenvalue weighted by Gasteiger charge is 2.41. The minimum Gasteiger partial charge on any atom is -0.378 e. The molecule has 3 rings (SSSR count). The minimum absolute atomic E-state index is 0.0837. The van der Waals surface area contributed by atoms with Gasteiger partial charge in [-0.2, -0.15) is 0 Å². The van der Waals surface area contributed by atoms with E-state index >= 15 is 0 Å². The maximum absolute atomic E-state index is 11.4. The highest BCUT2D eigenvalue weighted by Crippen LogP contribution is 2.41. The predicted molar refractivity (Wildman–Crippen MR) is 75.9 cm³/mol. The number of aromatic nitrogens is 1. The van der Waals surface area contributed by atoms with Gasteiger partial charge in [-0.3, -0.25) is 4.98 Å². The molecule has 98 valence electrons. The van der Waals surface area contributed by atoms with E-state index in [2.05, 4.69) is 31.0 Å². The van der Waals surface area contributed by atoms with Crippen LogP contribution in [0.2, 0.25) is 0 Å². The van der Waals surface area contributed by atoms with Crippen LogP contribution in [-0.2, 0) is 18.4 Å². The molecule has 2 heteroatoms. The molecule has 0 spiro atoms. The van der Waals surface area contributed by atoms with Crippen molar-refractivity contribution in [3.63, 3.8) is 0 Å². The Morgan fingerprint density at radius 1 is 1.05 bits per heavy atom. The molecule has 1 unspecified atom stereocenters. The Hall–Kier alpha value is -1.67. The van der Waals surface area contributed by atoms with Crippen molar-refractivity contribution in [3.05, 3.63) is 65.0 Å². The van der Waals surface area contributed by atoms with Gasteiger partial charge in [0.25, 0.3) is 0 Å². The van der Waals surface area contributed by atoms with Crippen molar-refractivity contribution in [2.75, 3.05) is 0 Å². The molecule has 1 aromatic carbocycles. The van der Waals surface area contributed by atoms with Gasteiger partial charge in [0.1, 0.15) is 5.60 Å². The van der Waals surface area contributed by atoms with Gasteiger partial charge in [-0.1, -0.05) is 44.2 Å². The zero-order valence-corrected chi connectivity index (χ0v) is 11.4. The number of pyridine rings is 1. The van der Waals surface area contributed by atoms with Crippen molar-refractivity contribution in [1.29, 1.82) is 0 Å². The van der Waals surface area contributed by atoms with Gasteiger partial charge in [0, 0.05) is 6.20 Å². The van der Waals surface area contributed by atoms with Crippen LogP contribution in [0.25, 0.3) is 0 Å². The average molecular weight is 253 g/mol. The number of nitrogens with zero attached hydrogens (tertiary/aromatic N) is 1. The van der Waals surface area contributed by atoms with Crippen molar-refractivity contribution in [3.8, 4) is 0 Å². The van der Waals surface area contributed by atoms with E-state index in [9.17, 15) is 5.11 Å². The third kappa shape index (κ3) is 1.79. The van der Waals surface area contributed by atoms with Gasteiger partial charge in [-0.05, 0) is 41.5 Å². The lowest BCUT2D eigenvalue weighted by Gasteiger charge is -2.33. The van der Waals surface area contributed by atoms with E-state index in [0.717, 1.165) is 29.7 Å². The second-order valence-corrected chi connectivity index (χ2v) is 5.59. The van der Waals surface area contributed by atoms with Crippen molar-refractivity contribution < 1.29 is 5.11 Å². The Balaban J connectivity index is 2.32. The van der Waals surface area contributed by atoms with E-state index in [4.69, 9.17) is 0 Å². The molecule has 0 amide bonds. The van der Waals surface area contributed by atoms with Gasteiger partial charge in [0.2, 0.25) is 0 Å². The number of aliphatic hydroxyl groups is 1. The fourth-order valence-corrected chi connectivity index (χ4v) is 3.08. The molecule has 0 saturated heterocycles. The fourth-order valence-electron chi connectivity index (χ4n) is 3.08. The summed E-state index contributed by atoms with van der Waals surface area (Å²) in [6.07, 6.45) is 3.68. The molecule has 0 bridgehead atoms. The Morgan fingerprint density at radius 3 is 2.53 bits per heavy atom. The van der Waals surface area contributed by atoms with Crippen LogP contribution in [0.3, 0.4) is 0 Å². The lowest BCUT2D eigenvalue weighted by molar-refractivity contribution is 0.0269. The molecule has 2 aromatic rings. The van der Waals surface area contributed by atoms with Crippen molar-refractivity contribution in [1.82, 2.24) is 4.98 Å². The Labute approximate surface area is 114 Å². The summed E-state index contributed by atoms with van der Waals surface area (Å²) in [5.41, 5.74) is 3.26. The first-order chi connectivity index (χ1) is 9.14. The third-order valence-electron chi connectivity index (χ3n) is 4.18. The minimum atomic E-state index is -0.982. The van der Waals surface area contributed by atoms with E-state index in [1.807, 2.05) is 24.3 Å². The van der Waals surface area contributed by atoms with E-state index in [0.29, 0.717) is 0 Å². The number of hydrogen-bond donors (Lipinski definition) is 1. The van der Waals surface area contributed by atoms with Crippen LogP contribution in [0.15, 0.2) is 42.6 Å². The normalized spacial score (nSPS) is 21.7. The smallest absolute Gasteiger partial charge is 0.134 e. The maximum Gasteiger partial charge on any atom is 0.134 e. The first-order valence-corrected chi connectivity index (χ1v) is 6.89. The lowest BCUT2D eigenvalue weighted by Crippen LogP contribution is -2.35. The second-order valence-electron chi connectivity index (χ2n) is 5.59. The molecular formula is C17H19NO. The summed E-state index contributed by atoms with van der Waals surface area (Å²) >= 11 is 0. The van der Waals surface area contributed by atoms with Crippen LogP contribution in [0.4, 0.5) is 0 Å². The molecule has 0 aliphatic heterocycles. The number of hydrogen-bond acceptors (Lipinski definition) is 2. The van der Waals surface area contributed by atoms with Gasteiger partial charge >= 0.3 is 0 Å². The number of benzene rings is 1. The van der Waals surface area contributed by atoms with Crippen molar-refractivity contribution in [2.24, 2.45) is 5.92 Å². The molecule has 0 saturated carbocycles. The second kappa shape index (κ2) is 4.46. The zero-order chi connectivity index (χ0) is 13.5. The SMILES string of the molecule is CC(C)C1(O)c2ccccc2CCc2cccnc21. The quantitative estimate of drug-likeness (QED) is 0.847. The fraction of sp³-hybridized carbons (Fsp3) is 0.353. The summed E-state index contributed by atoms with van der Waals surface area (Å²) in [7, 11) is 0. The summed E-state index contributed by atoms with van der Waals surface area (Å²) in [5.74, 6) is 0.0837. The standard InChI is InChI=1S/C17H19NO/c1-12(2)17(19)15-8-4-3-6-13(15)9-10-14-7-5-11-18-16(14)17/h3-8,11-12,19H,9-10H2,1-2H3. The first kappa shape index (κ1) is 12.4. The van der Waals surface area contributed by atoms with Crippen molar-refractivity contribution in [2.45, 2.75) is 32.3 Å². The molecule has 1 heterocycles. The van der Waals surface area contributed by atoms with Gasteiger partial charge in [0.15, 0.2) is 0 Å². The predicted octanol–water partition coefficient (Wildman–Crippen LogP) is 3.07. The molecule has 1 aliphatic rings. The van der Waals surface area contributed by atoms with Crippen LogP contribution in [0.5, 0.6) is 0 Å². The topological polar surface area (TPSA) is 33.1 Å². The van der Waals surface area contributed by atoms with Gasteiger partial charge in [-0.25, -0.2) is 0 Å². The highest BCUT2D eigenvalue weighted by molar-refractivity contribution is 5.45. The largest absolute Gasteiger partial charge is 0.378 e. The molecule has 0 fully saturated rings. The first-order valence-electron chi connectivity index (χ1n) is 6.89. The zero-order valence-electron chi connectivity index (χ0n) is 11.4. The summed E-state index contributed by atoms with van der Waals surface area (Å²) < 4.78 is 0. The van der Waals surface area contributed by atoms with Crippen LogP contribution >= 0.6 is 0 Å². The molecule has 1 aliphatic carbocycles. The Morgan fingerprint density at radius 2 is 1.74 bits per heavy atom. The lowest BCUT2D eigenvalue weighted by atomic mass is 9.78. The number of aryl methyl sites for hydroxylation is 2.